The molecule has 0 bridgehead atoms. The van der Waals surface area contributed by atoms with Crippen molar-refractivity contribution < 1.29 is 19.0 Å². The van der Waals surface area contributed by atoms with Crippen LogP contribution in [0.25, 0.3) is 6.08 Å². The predicted octanol–water partition coefficient (Wildman–Crippen LogP) is 2.43. The summed E-state index contributed by atoms with van der Waals surface area (Å²) >= 11 is 0. The van der Waals surface area contributed by atoms with Gasteiger partial charge in [-0.05, 0) is 23.8 Å². The Kier molecular flexibility index (Phi) is 4.98. The first kappa shape index (κ1) is 13.6. The fraction of sp³-hybridized carbons (Fsp3) is 0.400. The number of carbonyl (C=O) groups excluding carboxylic acids is 1. The number of benzene rings is 1. The molecule has 1 heterocycles. The van der Waals surface area contributed by atoms with Crippen LogP contribution in [0.4, 0.5) is 0 Å². The molecule has 2 rings (SSSR count). The lowest BCUT2D eigenvalue weighted by atomic mass is 10.1. The summed E-state index contributed by atoms with van der Waals surface area (Å²) in [6.07, 6.45) is 5.22. The lowest BCUT2D eigenvalue weighted by Crippen LogP contribution is -2.25. The van der Waals surface area contributed by atoms with Crippen LogP contribution in [-0.4, -0.2) is 32.4 Å². The number of rotatable bonds is 4. The van der Waals surface area contributed by atoms with Crippen molar-refractivity contribution in [1.29, 1.82) is 0 Å². The van der Waals surface area contributed by atoms with Crippen molar-refractivity contribution in [3.63, 3.8) is 0 Å². The molecule has 1 aliphatic rings. The van der Waals surface area contributed by atoms with E-state index in [2.05, 4.69) is 4.74 Å². The molecule has 1 aliphatic heterocycles. The Morgan fingerprint density at radius 1 is 1.26 bits per heavy atom. The highest BCUT2D eigenvalue weighted by molar-refractivity contribution is 5.86. The molecule has 0 unspecified atom stereocenters. The molecular weight excluding hydrogens is 244 g/mol. The van der Waals surface area contributed by atoms with E-state index in [0.717, 1.165) is 37.4 Å². The zero-order valence-corrected chi connectivity index (χ0v) is 11.0. The van der Waals surface area contributed by atoms with E-state index >= 15 is 0 Å². The molecule has 0 atom stereocenters. The second-order valence-electron chi connectivity index (χ2n) is 4.36. The normalized spacial score (nSPS) is 16.5. The number of hydrogen-bond donors (Lipinski definition) is 0. The van der Waals surface area contributed by atoms with Gasteiger partial charge in [0.25, 0.3) is 0 Å². The van der Waals surface area contributed by atoms with E-state index in [9.17, 15) is 4.79 Å². The van der Waals surface area contributed by atoms with Crippen LogP contribution in [0.1, 0.15) is 18.4 Å². The van der Waals surface area contributed by atoms with Crippen LogP contribution in [-0.2, 0) is 14.3 Å². The highest BCUT2D eigenvalue weighted by Crippen LogP contribution is 2.19. The summed E-state index contributed by atoms with van der Waals surface area (Å²) in [6.45, 7) is 1.54. The maximum Gasteiger partial charge on any atom is 0.330 e. The molecular formula is C15H18O4. The van der Waals surface area contributed by atoms with E-state index in [0.29, 0.717) is 0 Å². The molecule has 4 nitrogen and oxygen atoms in total. The van der Waals surface area contributed by atoms with Crippen LogP contribution in [0, 0.1) is 0 Å². The molecule has 4 heteroatoms. The van der Waals surface area contributed by atoms with Crippen LogP contribution in [0.2, 0.25) is 0 Å². The summed E-state index contributed by atoms with van der Waals surface area (Å²) in [5.74, 6) is 0.490. The Hall–Kier alpha value is -1.81. The molecule has 19 heavy (non-hydrogen) atoms. The molecule has 1 fully saturated rings. The molecule has 0 N–H and O–H groups in total. The molecule has 0 spiro atoms. The third-order valence-corrected chi connectivity index (χ3v) is 2.96. The van der Waals surface area contributed by atoms with Crippen LogP contribution in [0.3, 0.4) is 0 Å². The van der Waals surface area contributed by atoms with Gasteiger partial charge in [0.1, 0.15) is 11.9 Å². The largest absolute Gasteiger partial charge is 0.490 e. The fourth-order valence-electron chi connectivity index (χ4n) is 1.88. The Labute approximate surface area is 113 Å². The molecule has 0 aliphatic carbocycles. The van der Waals surface area contributed by atoms with E-state index in [4.69, 9.17) is 9.47 Å². The molecule has 0 amide bonds. The van der Waals surface area contributed by atoms with E-state index in [-0.39, 0.29) is 12.1 Å². The van der Waals surface area contributed by atoms with Gasteiger partial charge in [0.05, 0.1) is 20.3 Å². The van der Waals surface area contributed by atoms with Gasteiger partial charge in [-0.15, -0.1) is 0 Å². The first-order valence-corrected chi connectivity index (χ1v) is 6.38. The van der Waals surface area contributed by atoms with Gasteiger partial charge in [0.15, 0.2) is 0 Å². The molecule has 0 radical (unpaired) electrons. The average Bonchev–Trinajstić information content (AvgIpc) is 2.47. The van der Waals surface area contributed by atoms with Gasteiger partial charge < -0.3 is 14.2 Å². The average molecular weight is 262 g/mol. The second-order valence-corrected chi connectivity index (χ2v) is 4.36. The molecule has 1 aromatic carbocycles. The first-order chi connectivity index (χ1) is 9.28. The summed E-state index contributed by atoms with van der Waals surface area (Å²) in [5.41, 5.74) is 0.935. The highest BCUT2D eigenvalue weighted by atomic mass is 16.5. The predicted molar refractivity (Wildman–Crippen MR) is 72.0 cm³/mol. The number of esters is 1. The van der Waals surface area contributed by atoms with Crippen molar-refractivity contribution in [2.24, 2.45) is 0 Å². The summed E-state index contributed by atoms with van der Waals surface area (Å²) in [6, 6.07) is 7.64. The number of ether oxygens (including phenoxy) is 3. The van der Waals surface area contributed by atoms with E-state index < -0.39 is 0 Å². The third kappa shape index (κ3) is 4.41. The smallest absolute Gasteiger partial charge is 0.330 e. The maximum absolute atomic E-state index is 11.0. The second kappa shape index (κ2) is 6.95. The van der Waals surface area contributed by atoms with Crippen molar-refractivity contribution >= 4 is 12.0 Å². The lowest BCUT2D eigenvalue weighted by molar-refractivity contribution is -0.134. The summed E-state index contributed by atoms with van der Waals surface area (Å²) in [4.78, 5) is 11.0. The first-order valence-electron chi connectivity index (χ1n) is 6.38. The monoisotopic (exact) mass is 262 g/mol. The van der Waals surface area contributed by atoms with Crippen LogP contribution < -0.4 is 4.74 Å². The highest BCUT2D eigenvalue weighted by Gasteiger charge is 2.14. The minimum Gasteiger partial charge on any atom is -0.490 e. The van der Waals surface area contributed by atoms with Gasteiger partial charge >= 0.3 is 5.97 Å². The number of carbonyl (C=O) groups is 1. The third-order valence-electron chi connectivity index (χ3n) is 2.96. The number of methoxy groups -OCH3 is 1. The van der Waals surface area contributed by atoms with Crippen LogP contribution in [0.5, 0.6) is 5.75 Å². The zero-order chi connectivity index (χ0) is 13.5. The SMILES string of the molecule is COC(=O)C=Cc1ccc(OC2CCOCC2)cc1. The van der Waals surface area contributed by atoms with Gasteiger partial charge in [-0.25, -0.2) is 4.79 Å². The lowest BCUT2D eigenvalue weighted by Gasteiger charge is -2.23. The topological polar surface area (TPSA) is 44.8 Å². The van der Waals surface area contributed by atoms with Crippen molar-refractivity contribution in [2.45, 2.75) is 18.9 Å². The zero-order valence-electron chi connectivity index (χ0n) is 11.0. The number of hydrogen-bond acceptors (Lipinski definition) is 4. The fourth-order valence-corrected chi connectivity index (χ4v) is 1.88. The maximum atomic E-state index is 11.0. The van der Waals surface area contributed by atoms with Crippen molar-refractivity contribution in [1.82, 2.24) is 0 Å². The molecule has 0 saturated carbocycles. The van der Waals surface area contributed by atoms with Gasteiger partial charge in [0.2, 0.25) is 0 Å². The van der Waals surface area contributed by atoms with Crippen molar-refractivity contribution in [2.75, 3.05) is 20.3 Å². The Morgan fingerprint density at radius 2 is 1.95 bits per heavy atom. The minimum atomic E-state index is -0.359. The molecule has 1 aromatic rings. The Balaban J connectivity index is 1.90. The van der Waals surface area contributed by atoms with Gasteiger partial charge in [-0.3, -0.25) is 0 Å². The van der Waals surface area contributed by atoms with Gasteiger partial charge in [0, 0.05) is 18.9 Å². The summed E-state index contributed by atoms with van der Waals surface area (Å²) in [5, 5.41) is 0. The standard InChI is InChI=1S/C15H18O4/c1-17-15(16)7-4-12-2-5-13(6-3-12)19-14-8-10-18-11-9-14/h2-7,14H,8-11H2,1H3. The minimum absolute atomic E-state index is 0.241. The van der Waals surface area contributed by atoms with Gasteiger partial charge in [-0.2, -0.15) is 0 Å². The summed E-state index contributed by atoms with van der Waals surface area (Å²) in [7, 11) is 1.36. The van der Waals surface area contributed by atoms with Crippen molar-refractivity contribution in [3.8, 4) is 5.75 Å². The Morgan fingerprint density at radius 3 is 2.58 bits per heavy atom. The van der Waals surface area contributed by atoms with Crippen LogP contribution in [0.15, 0.2) is 30.3 Å². The van der Waals surface area contributed by atoms with E-state index in [1.807, 2.05) is 24.3 Å². The quantitative estimate of drug-likeness (QED) is 0.617. The Bertz CT molecular complexity index is 430. The van der Waals surface area contributed by atoms with E-state index in [1.54, 1.807) is 6.08 Å². The molecule has 1 saturated heterocycles. The molecule has 102 valence electrons. The summed E-state index contributed by atoms with van der Waals surface area (Å²) < 4.78 is 15.7. The van der Waals surface area contributed by atoms with Crippen LogP contribution >= 0.6 is 0 Å². The van der Waals surface area contributed by atoms with Gasteiger partial charge in [-0.1, -0.05) is 12.1 Å². The van der Waals surface area contributed by atoms with Crippen molar-refractivity contribution in [3.05, 3.63) is 35.9 Å². The van der Waals surface area contributed by atoms with E-state index in [1.165, 1.54) is 13.2 Å². The molecule has 0 aromatic heterocycles.